The van der Waals surface area contributed by atoms with Crippen LogP contribution in [0.3, 0.4) is 0 Å². The first kappa shape index (κ1) is 15.7. The number of benzene rings is 1. The van der Waals surface area contributed by atoms with Gasteiger partial charge in [-0.05, 0) is 31.0 Å². The molecule has 106 valence electrons. The second kappa shape index (κ2) is 6.68. The first-order chi connectivity index (χ1) is 8.84. The number of primary sulfonamides is 1. The summed E-state index contributed by atoms with van der Waals surface area (Å²) in [5.41, 5.74) is 0.611. The van der Waals surface area contributed by atoms with Gasteiger partial charge in [0.25, 0.3) is 0 Å². The highest BCUT2D eigenvalue weighted by atomic mass is 32.2. The van der Waals surface area contributed by atoms with Crippen molar-refractivity contribution in [3.05, 3.63) is 23.8 Å². The van der Waals surface area contributed by atoms with Crippen LogP contribution >= 0.6 is 0 Å². The molecule has 0 amide bonds. The average molecular weight is 285 g/mol. The van der Waals surface area contributed by atoms with E-state index in [1.165, 1.54) is 13.0 Å². The SMILES string of the molecule is CCCCOc1ccc(CC(C)=O)cc1S(N)(=O)=O. The number of hydrogen-bond acceptors (Lipinski definition) is 4. The molecular formula is C13H19NO4S. The number of ketones is 1. The first-order valence-corrected chi connectivity index (χ1v) is 7.67. The lowest BCUT2D eigenvalue weighted by Gasteiger charge is -2.11. The van der Waals surface area contributed by atoms with Gasteiger partial charge >= 0.3 is 0 Å². The van der Waals surface area contributed by atoms with E-state index in [1.807, 2.05) is 6.92 Å². The number of unbranched alkanes of at least 4 members (excludes halogenated alkanes) is 1. The Morgan fingerprint density at radius 1 is 1.37 bits per heavy atom. The molecule has 0 atom stereocenters. The molecule has 0 aromatic heterocycles. The van der Waals surface area contributed by atoms with Gasteiger partial charge in [-0.25, -0.2) is 13.6 Å². The van der Waals surface area contributed by atoms with Gasteiger partial charge in [-0.2, -0.15) is 0 Å². The van der Waals surface area contributed by atoms with Crippen LogP contribution in [0.1, 0.15) is 32.3 Å². The van der Waals surface area contributed by atoms with E-state index in [4.69, 9.17) is 9.88 Å². The molecule has 0 spiro atoms. The van der Waals surface area contributed by atoms with E-state index in [0.29, 0.717) is 12.2 Å². The largest absolute Gasteiger partial charge is 0.492 e. The lowest BCUT2D eigenvalue weighted by Crippen LogP contribution is -2.15. The minimum atomic E-state index is -3.87. The molecule has 0 unspecified atom stereocenters. The van der Waals surface area contributed by atoms with Crippen molar-refractivity contribution in [2.75, 3.05) is 6.61 Å². The lowest BCUT2D eigenvalue weighted by molar-refractivity contribution is -0.116. The van der Waals surface area contributed by atoms with Gasteiger partial charge in [0.15, 0.2) is 0 Å². The molecule has 19 heavy (non-hydrogen) atoms. The Balaban J connectivity index is 3.07. The molecule has 0 aliphatic carbocycles. The first-order valence-electron chi connectivity index (χ1n) is 6.12. The number of sulfonamides is 1. The van der Waals surface area contributed by atoms with Crippen LogP contribution in [0.2, 0.25) is 0 Å². The Labute approximate surface area is 113 Å². The van der Waals surface area contributed by atoms with Crippen LogP contribution < -0.4 is 9.88 Å². The molecule has 5 nitrogen and oxygen atoms in total. The third kappa shape index (κ3) is 5.00. The Bertz CT molecular complexity index is 552. The summed E-state index contributed by atoms with van der Waals surface area (Å²) in [6.07, 6.45) is 1.96. The number of carbonyl (C=O) groups excluding carboxylic acids is 1. The minimum absolute atomic E-state index is 0.0416. The number of nitrogens with two attached hydrogens (primary N) is 1. The van der Waals surface area contributed by atoms with Crippen LogP contribution in [0.15, 0.2) is 23.1 Å². The predicted octanol–water partition coefficient (Wildman–Crippen LogP) is 1.64. The van der Waals surface area contributed by atoms with Crippen molar-refractivity contribution < 1.29 is 17.9 Å². The van der Waals surface area contributed by atoms with Crippen molar-refractivity contribution >= 4 is 15.8 Å². The summed E-state index contributed by atoms with van der Waals surface area (Å²) < 4.78 is 28.5. The van der Waals surface area contributed by atoms with Gasteiger partial charge in [-0.1, -0.05) is 19.4 Å². The summed E-state index contributed by atoms with van der Waals surface area (Å²) in [6, 6.07) is 4.63. The van der Waals surface area contributed by atoms with Crippen molar-refractivity contribution in [1.29, 1.82) is 0 Å². The fourth-order valence-electron chi connectivity index (χ4n) is 1.62. The highest BCUT2D eigenvalue weighted by molar-refractivity contribution is 7.89. The molecular weight excluding hydrogens is 266 g/mol. The molecule has 0 bridgehead atoms. The van der Waals surface area contributed by atoms with Gasteiger partial charge < -0.3 is 4.74 Å². The number of carbonyl (C=O) groups is 1. The van der Waals surface area contributed by atoms with E-state index in [0.717, 1.165) is 12.8 Å². The van der Waals surface area contributed by atoms with Gasteiger partial charge in [0.1, 0.15) is 16.4 Å². The van der Waals surface area contributed by atoms with E-state index in [1.54, 1.807) is 12.1 Å². The summed E-state index contributed by atoms with van der Waals surface area (Å²) in [7, 11) is -3.87. The van der Waals surface area contributed by atoms with Gasteiger partial charge in [-0.15, -0.1) is 0 Å². The molecule has 2 N–H and O–H groups in total. The highest BCUT2D eigenvalue weighted by Crippen LogP contribution is 2.24. The standard InChI is InChI=1S/C13H19NO4S/c1-3-4-7-18-12-6-5-11(8-10(2)15)9-13(12)19(14,16)17/h5-6,9H,3-4,7-8H2,1-2H3,(H2,14,16,17). The zero-order valence-electron chi connectivity index (χ0n) is 11.2. The van der Waals surface area contributed by atoms with Crippen LogP contribution in [0, 0.1) is 0 Å². The number of hydrogen-bond donors (Lipinski definition) is 1. The van der Waals surface area contributed by atoms with Crippen molar-refractivity contribution in [3.8, 4) is 5.75 Å². The van der Waals surface area contributed by atoms with E-state index in [2.05, 4.69) is 0 Å². The van der Waals surface area contributed by atoms with Gasteiger partial charge in [-0.3, -0.25) is 4.79 Å². The molecule has 6 heteroatoms. The van der Waals surface area contributed by atoms with Gasteiger partial charge in [0.2, 0.25) is 10.0 Å². The summed E-state index contributed by atoms with van der Waals surface area (Å²) >= 11 is 0. The van der Waals surface area contributed by atoms with Crippen molar-refractivity contribution in [2.24, 2.45) is 5.14 Å². The molecule has 0 aliphatic rings. The zero-order valence-corrected chi connectivity index (χ0v) is 12.0. The van der Waals surface area contributed by atoms with Crippen LogP contribution in [-0.2, 0) is 21.2 Å². The summed E-state index contributed by atoms with van der Waals surface area (Å²) in [6.45, 7) is 3.90. The van der Waals surface area contributed by atoms with Gasteiger partial charge in [0.05, 0.1) is 6.61 Å². The van der Waals surface area contributed by atoms with Gasteiger partial charge in [0, 0.05) is 6.42 Å². The maximum Gasteiger partial charge on any atom is 0.241 e. The van der Waals surface area contributed by atoms with Crippen LogP contribution in [-0.4, -0.2) is 20.8 Å². The lowest BCUT2D eigenvalue weighted by atomic mass is 10.1. The quantitative estimate of drug-likeness (QED) is 0.772. The predicted molar refractivity (Wildman–Crippen MR) is 72.6 cm³/mol. The van der Waals surface area contributed by atoms with Crippen LogP contribution in [0.4, 0.5) is 0 Å². The smallest absolute Gasteiger partial charge is 0.241 e. The molecule has 0 aliphatic heterocycles. The normalized spacial score (nSPS) is 11.3. The van der Waals surface area contributed by atoms with E-state index in [-0.39, 0.29) is 22.8 Å². The topological polar surface area (TPSA) is 86.5 Å². The van der Waals surface area contributed by atoms with Crippen molar-refractivity contribution in [2.45, 2.75) is 38.0 Å². The monoisotopic (exact) mass is 285 g/mol. The molecule has 1 rings (SSSR count). The second-order valence-corrected chi connectivity index (χ2v) is 5.94. The number of rotatable bonds is 7. The van der Waals surface area contributed by atoms with Crippen LogP contribution in [0.25, 0.3) is 0 Å². The molecule has 1 aromatic rings. The second-order valence-electron chi connectivity index (χ2n) is 4.41. The Morgan fingerprint density at radius 3 is 2.58 bits per heavy atom. The fourth-order valence-corrected chi connectivity index (χ4v) is 2.34. The zero-order chi connectivity index (χ0) is 14.5. The third-order valence-corrected chi connectivity index (χ3v) is 3.46. The maximum atomic E-state index is 11.5. The molecule has 0 radical (unpaired) electrons. The Morgan fingerprint density at radius 2 is 2.05 bits per heavy atom. The Hall–Kier alpha value is -1.40. The third-order valence-electron chi connectivity index (χ3n) is 2.52. The van der Waals surface area contributed by atoms with E-state index >= 15 is 0 Å². The number of Topliss-reactive ketones (excluding diaryl/α,β-unsaturated/α-hetero) is 1. The molecule has 0 fully saturated rings. The molecule has 1 aromatic carbocycles. The van der Waals surface area contributed by atoms with Crippen LogP contribution in [0.5, 0.6) is 5.75 Å². The molecule has 0 heterocycles. The average Bonchev–Trinajstić information content (AvgIpc) is 2.29. The minimum Gasteiger partial charge on any atom is -0.492 e. The van der Waals surface area contributed by atoms with E-state index in [9.17, 15) is 13.2 Å². The van der Waals surface area contributed by atoms with E-state index < -0.39 is 10.0 Å². The maximum absolute atomic E-state index is 11.5. The molecule has 0 saturated heterocycles. The highest BCUT2D eigenvalue weighted by Gasteiger charge is 2.16. The van der Waals surface area contributed by atoms with Crippen molar-refractivity contribution in [3.63, 3.8) is 0 Å². The van der Waals surface area contributed by atoms with Crippen molar-refractivity contribution in [1.82, 2.24) is 0 Å². The summed E-state index contributed by atoms with van der Waals surface area (Å²) in [5.74, 6) is 0.197. The summed E-state index contributed by atoms with van der Waals surface area (Å²) in [4.78, 5) is 11.0. The molecule has 0 saturated carbocycles. The number of ether oxygens (including phenoxy) is 1. The summed E-state index contributed by atoms with van der Waals surface area (Å²) in [5, 5.41) is 5.17. The fraction of sp³-hybridized carbons (Fsp3) is 0.462. The Kier molecular flexibility index (Phi) is 5.50.